The van der Waals surface area contributed by atoms with Gasteiger partial charge in [0.1, 0.15) is 11.6 Å². The SMILES string of the molecule is COc1cc(F)cc(CCC(C)C)c1. The van der Waals surface area contributed by atoms with Crippen LogP contribution in [0.15, 0.2) is 18.2 Å². The van der Waals surface area contributed by atoms with Crippen LogP contribution in [-0.4, -0.2) is 7.11 Å². The molecular formula is C12H17FO. The topological polar surface area (TPSA) is 9.23 Å². The average Bonchev–Trinajstić information content (AvgIpc) is 2.14. The monoisotopic (exact) mass is 196 g/mol. The standard InChI is InChI=1S/C12H17FO/c1-9(2)4-5-10-6-11(13)8-12(7-10)14-3/h6-9H,4-5H2,1-3H3. The van der Waals surface area contributed by atoms with Crippen molar-refractivity contribution in [2.75, 3.05) is 7.11 Å². The molecule has 2 heteroatoms. The van der Waals surface area contributed by atoms with Crippen molar-refractivity contribution < 1.29 is 9.13 Å². The first-order valence-corrected chi connectivity index (χ1v) is 4.95. The molecule has 0 N–H and O–H groups in total. The van der Waals surface area contributed by atoms with Crippen molar-refractivity contribution in [3.63, 3.8) is 0 Å². The zero-order chi connectivity index (χ0) is 10.6. The Labute approximate surface area is 84.9 Å². The number of halogens is 1. The molecule has 78 valence electrons. The Bertz CT molecular complexity index is 294. The molecule has 0 aliphatic carbocycles. The van der Waals surface area contributed by atoms with E-state index in [1.165, 1.54) is 6.07 Å². The van der Waals surface area contributed by atoms with E-state index in [1.54, 1.807) is 13.2 Å². The molecule has 0 atom stereocenters. The predicted molar refractivity (Wildman–Crippen MR) is 56.1 cm³/mol. The van der Waals surface area contributed by atoms with Gasteiger partial charge in [0, 0.05) is 6.07 Å². The molecule has 0 bridgehead atoms. The van der Waals surface area contributed by atoms with E-state index in [2.05, 4.69) is 13.8 Å². The van der Waals surface area contributed by atoms with Gasteiger partial charge in [-0.3, -0.25) is 0 Å². The van der Waals surface area contributed by atoms with Gasteiger partial charge in [0.25, 0.3) is 0 Å². The quantitative estimate of drug-likeness (QED) is 0.717. The van der Waals surface area contributed by atoms with Gasteiger partial charge in [0.15, 0.2) is 0 Å². The molecular weight excluding hydrogens is 179 g/mol. The molecule has 0 radical (unpaired) electrons. The maximum Gasteiger partial charge on any atom is 0.127 e. The highest BCUT2D eigenvalue weighted by Crippen LogP contribution is 2.18. The van der Waals surface area contributed by atoms with E-state index in [4.69, 9.17) is 4.74 Å². The fraction of sp³-hybridized carbons (Fsp3) is 0.500. The highest BCUT2D eigenvalue weighted by molar-refractivity contribution is 5.29. The van der Waals surface area contributed by atoms with Crippen LogP contribution in [0.4, 0.5) is 4.39 Å². The minimum atomic E-state index is -0.219. The summed E-state index contributed by atoms with van der Waals surface area (Å²) in [4.78, 5) is 0. The van der Waals surface area contributed by atoms with Crippen LogP contribution in [0, 0.1) is 11.7 Å². The van der Waals surface area contributed by atoms with Crippen molar-refractivity contribution in [1.29, 1.82) is 0 Å². The van der Waals surface area contributed by atoms with E-state index in [1.807, 2.05) is 6.07 Å². The highest BCUT2D eigenvalue weighted by Gasteiger charge is 2.02. The van der Waals surface area contributed by atoms with Gasteiger partial charge >= 0.3 is 0 Å². The third-order valence-electron chi connectivity index (χ3n) is 2.18. The number of hydrogen-bond acceptors (Lipinski definition) is 1. The summed E-state index contributed by atoms with van der Waals surface area (Å²) in [6.07, 6.45) is 1.98. The number of hydrogen-bond donors (Lipinski definition) is 0. The maximum atomic E-state index is 13.1. The fourth-order valence-corrected chi connectivity index (χ4v) is 1.34. The van der Waals surface area contributed by atoms with Crippen LogP contribution in [0.5, 0.6) is 5.75 Å². The normalized spacial score (nSPS) is 10.6. The van der Waals surface area contributed by atoms with Crippen molar-refractivity contribution in [3.05, 3.63) is 29.6 Å². The van der Waals surface area contributed by atoms with E-state index in [0.29, 0.717) is 11.7 Å². The summed E-state index contributed by atoms with van der Waals surface area (Å²) >= 11 is 0. The smallest absolute Gasteiger partial charge is 0.127 e. The Balaban J connectivity index is 2.71. The van der Waals surface area contributed by atoms with Gasteiger partial charge in [0.2, 0.25) is 0 Å². The summed E-state index contributed by atoms with van der Waals surface area (Å²) in [6, 6.07) is 4.87. The van der Waals surface area contributed by atoms with Crippen molar-refractivity contribution in [2.24, 2.45) is 5.92 Å². The molecule has 0 heterocycles. The molecule has 1 rings (SSSR count). The Morgan fingerprint density at radius 3 is 2.57 bits per heavy atom. The highest BCUT2D eigenvalue weighted by atomic mass is 19.1. The van der Waals surface area contributed by atoms with E-state index in [0.717, 1.165) is 18.4 Å². The van der Waals surface area contributed by atoms with Gasteiger partial charge in [0.05, 0.1) is 7.11 Å². The fourth-order valence-electron chi connectivity index (χ4n) is 1.34. The molecule has 0 amide bonds. The molecule has 1 nitrogen and oxygen atoms in total. The number of methoxy groups -OCH3 is 1. The van der Waals surface area contributed by atoms with E-state index < -0.39 is 0 Å². The zero-order valence-corrected chi connectivity index (χ0v) is 9.01. The molecule has 0 spiro atoms. The van der Waals surface area contributed by atoms with E-state index in [-0.39, 0.29) is 5.82 Å². The molecule has 0 aromatic heterocycles. The lowest BCUT2D eigenvalue weighted by Gasteiger charge is -2.07. The number of aryl methyl sites for hydroxylation is 1. The molecule has 1 aromatic carbocycles. The summed E-state index contributed by atoms with van der Waals surface area (Å²) in [5.41, 5.74) is 1.01. The number of benzene rings is 1. The van der Waals surface area contributed by atoms with Crippen molar-refractivity contribution in [2.45, 2.75) is 26.7 Å². The van der Waals surface area contributed by atoms with Gasteiger partial charge in [-0.2, -0.15) is 0 Å². The third kappa shape index (κ3) is 3.36. The Morgan fingerprint density at radius 2 is 2.00 bits per heavy atom. The molecule has 0 saturated heterocycles. The van der Waals surface area contributed by atoms with Crippen LogP contribution in [0.2, 0.25) is 0 Å². The summed E-state index contributed by atoms with van der Waals surface area (Å²) in [7, 11) is 1.56. The van der Waals surface area contributed by atoms with Gasteiger partial charge < -0.3 is 4.74 Å². The first kappa shape index (κ1) is 11.0. The first-order chi connectivity index (χ1) is 6.61. The summed E-state index contributed by atoms with van der Waals surface area (Å²) in [5.74, 6) is 1.02. The molecule has 0 aliphatic heterocycles. The molecule has 0 fully saturated rings. The van der Waals surface area contributed by atoms with E-state index >= 15 is 0 Å². The zero-order valence-electron chi connectivity index (χ0n) is 9.01. The Morgan fingerprint density at radius 1 is 1.29 bits per heavy atom. The average molecular weight is 196 g/mol. The second-order valence-electron chi connectivity index (χ2n) is 3.93. The second kappa shape index (κ2) is 4.99. The largest absolute Gasteiger partial charge is 0.497 e. The van der Waals surface area contributed by atoms with Crippen LogP contribution >= 0.6 is 0 Å². The lowest BCUT2D eigenvalue weighted by Crippen LogP contribution is -1.94. The lowest BCUT2D eigenvalue weighted by atomic mass is 10.0. The first-order valence-electron chi connectivity index (χ1n) is 4.95. The van der Waals surface area contributed by atoms with Crippen LogP contribution in [-0.2, 0) is 6.42 Å². The van der Waals surface area contributed by atoms with Crippen molar-refractivity contribution >= 4 is 0 Å². The lowest BCUT2D eigenvalue weighted by molar-refractivity contribution is 0.410. The minimum absolute atomic E-state index is 0.219. The summed E-state index contributed by atoms with van der Waals surface area (Å²) < 4.78 is 18.1. The molecule has 0 aliphatic rings. The van der Waals surface area contributed by atoms with Gasteiger partial charge in [-0.1, -0.05) is 13.8 Å². The van der Waals surface area contributed by atoms with Crippen molar-refractivity contribution in [3.8, 4) is 5.75 Å². The number of ether oxygens (including phenoxy) is 1. The molecule has 1 aromatic rings. The van der Waals surface area contributed by atoms with Gasteiger partial charge in [-0.05, 0) is 36.5 Å². The molecule has 0 unspecified atom stereocenters. The summed E-state index contributed by atoms with van der Waals surface area (Å²) in [5, 5.41) is 0. The van der Waals surface area contributed by atoms with Crippen LogP contribution in [0.25, 0.3) is 0 Å². The molecule has 14 heavy (non-hydrogen) atoms. The number of rotatable bonds is 4. The second-order valence-corrected chi connectivity index (χ2v) is 3.93. The van der Waals surface area contributed by atoms with E-state index in [9.17, 15) is 4.39 Å². The van der Waals surface area contributed by atoms with Crippen LogP contribution < -0.4 is 4.74 Å². The maximum absolute atomic E-state index is 13.1. The molecule has 0 saturated carbocycles. The van der Waals surface area contributed by atoms with Crippen LogP contribution in [0.1, 0.15) is 25.8 Å². The van der Waals surface area contributed by atoms with Crippen molar-refractivity contribution in [1.82, 2.24) is 0 Å². The van der Waals surface area contributed by atoms with Gasteiger partial charge in [-0.15, -0.1) is 0 Å². The van der Waals surface area contributed by atoms with Crippen LogP contribution in [0.3, 0.4) is 0 Å². The minimum Gasteiger partial charge on any atom is -0.497 e. The predicted octanol–water partition coefficient (Wildman–Crippen LogP) is 3.42. The third-order valence-corrected chi connectivity index (χ3v) is 2.18. The Kier molecular flexibility index (Phi) is 3.93. The van der Waals surface area contributed by atoms with Gasteiger partial charge in [-0.25, -0.2) is 4.39 Å². The Hall–Kier alpha value is -1.05. The summed E-state index contributed by atoms with van der Waals surface area (Å²) in [6.45, 7) is 4.33.